The fourth-order valence-electron chi connectivity index (χ4n) is 3.10. The van der Waals surface area contributed by atoms with Gasteiger partial charge in [0.25, 0.3) is 0 Å². The molecule has 1 fully saturated rings. The van der Waals surface area contributed by atoms with Crippen LogP contribution in [0.15, 0.2) is 30.3 Å². The lowest BCUT2D eigenvalue weighted by Crippen LogP contribution is -2.36. The standard InChI is InChI=1S/C16H21NO3/c1-4-13-14(18)17(10-16(13,3)15(19)20)11(2)12-8-6-5-7-9-12/h5-9,11,13H,4,10H2,1-3H3,(H,19,20). The van der Waals surface area contributed by atoms with Crippen LogP contribution in [0.25, 0.3) is 0 Å². The Morgan fingerprint density at radius 3 is 2.50 bits per heavy atom. The van der Waals surface area contributed by atoms with E-state index in [1.165, 1.54) is 0 Å². The summed E-state index contributed by atoms with van der Waals surface area (Å²) < 4.78 is 0. The van der Waals surface area contributed by atoms with Gasteiger partial charge in [0.05, 0.1) is 17.4 Å². The highest BCUT2D eigenvalue weighted by Crippen LogP contribution is 2.42. The van der Waals surface area contributed by atoms with Gasteiger partial charge in [-0.15, -0.1) is 0 Å². The lowest BCUT2D eigenvalue weighted by atomic mass is 9.78. The molecule has 0 saturated carbocycles. The number of benzene rings is 1. The third-order valence-electron chi connectivity index (χ3n) is 4.50. The Bertz CT molecular complexity index is 514. The van der Waals surface area contributed by atoms with Crippen molar-refractivity contribution < 1.29 is 14.7 Å². The maximum absolute atomic E-state index is 12.5. The number of carbonyl (C=O) groups is 2. The van der Waals surface area contributed by atoms with Crippen LogP contribution in [-0.4, -0.2) is 28.4 Å². The minimum Gasteiger partial charge on any atom is -0.481 e. The summed E-state index contributed by atoms with van der Waals surface area (Å²) >= 11 is 0. The first-order valence-corrected chi connectivity index (χ1v) is 7.00. The quantitative estimate of drug-likeness (QED) is 0.919. The summed E-state index contributed by atoms with van der Waals surface area (Å²) in [5.41, 5.74) is 0.0415. The minimum absolute atomic E-state index is 0.0475. The zero-order valence-corrected chi connectivity index (χ0v) is 12.2. The second-order valence-electron chi connectivity index (χ2n) is 5.74. The second kappa shape index (κ2) is 5.27. The van der Waals surface area contributed by atoms with E-state index in [0.29, 0.717) is 6.42 Å². The molecule has 0 spiro atoms. The van der Waals surface area contributed by atoms with Gasteiger partial charge in [-0.2, -0.15) is 0 Å². The smallest absolute Gasteiger partial charge is 0.311 e. The van der Waals surface area contributed by atoms with E-state index in [4.69, 9.17) is 0 Å². The van der Waals surface area contributed by atoms with Crippen LogP contribution < -0.4 is 0 Å². The van der Waals surface area contributed by atoms with Crippen LogP contribution in [0.3, 0.4) is 0 Å². The maximum Gasteiger partial charge on any atom is 0.311 e. The summed E-state index contributed by atoms with van der Waals surface area (Å²) in [6.07, 6.45) is 0.555. The van der Waals surface area contributed by atoms with Crippen LogP contribution >= 0.6 is 0 Å². The summed E-state index contributed by atoms with van der Waals surface area (Å²) in [4.78, 5) is 25.8. The van der Waals surface area contributed by atoms with E-state index in [0.717, 1.165) is 5.56 Å². The Balaban J connectivity index is 2.31. The molecule has 1 amide bonds. The van der Waals surface area contributed by atoms with Crippen molar-refractivity contribution in [3.63, 3.8) is 0 Å². The predicted molar refractivity (Wildman–Crippen MR) is 76.1 cm³/mol. The molecule has 1 aromatic carbocycles. The summed E-state index contributed by atoms with van der Waals surface area (Å²) in [6, 6.07) is 9.63. The molecular formula is C16H21NO3. The lowest BCUT2D eigenvalue weighted by Gasteiger charge is -2.26. The summed E-state index contributed by atoms with van der Waals surface area (Å²) in [5.74, 6) is -1.37. The number of likely N-dealkylation sites (tertiary alicyclic amines) is 1. The summed E-state index contributed by atoms with van der Waals surface area (Å²) in [7, 11) is 0. The van der Waals surface area contributed by atoms with Crippen molar-refractivity contribution in [3.8, 4) is 0 Å². The molecule has 2 rings (SSSR count). The van der Waals surface area contributed by atoms with Crippen molar-refractivity contribution in [1.82, 2.24) is 4.90 Å². The summed E-state index contributed by atoms with van der Waals surface area (Å²) in [5, 5.41) is 9.48. The van der Waals surface area contributed by atoms with E-state index in [1.807, 2.05) is 44.2 Å². The molecule has 1 N–H and O–H groups in total. The molecule has 1 aliphatic rings. The third-order valence-corrected chi connectivity index (χ3v) is 4.50. The van der Waals surface area contributed by atoms with Gasteiger partial charge in [0.1, 0.15) is 0 Å². The Kier molecular flexibility index (Phi) is 3.84. The van der Waals surface area contributed by atoms with E-state index in [9.17, 15) is 14.7 Å². The topological polar surface area (TPSA) is 57.6 Å². The number of aliphatic carboxylic acids is 1. The van der Waals surface area contributed by atoms with E-state index in [-0.39, 0.29) is 18.5 Å². The molecule has 0 aliphatic carbocycles. The number of amides is 1. The Hall–Kier alpha value is -1.84. The van der Waals surface area contributed by atoms with Crippen molar-refractivity contribution in [1.29, 1.82) is 0 Å². The summed E-state index contributed by atoms with van der Waals surface area (Å²) in [6.45, 7) is 5.78. The Morgan fingerprint density at radius 2 is 2.05 bits per heavy atom. The van der Waals surface area contributed by atoms with Crippen LogP contribution in [0.1, 0.15) is 38.8 Å². The van der Waals surface area contributed by atoms with Crippen molar-refractivity contribution in [2.75, 3.05) is 6.54 Å². The van der Waals surface area contributed by atoms with Crippen LogP contribution in [0.5, 0.6) is 0 Å². The molecule has 1 aliphatic heterocycles. The van der Waals surface area contributed by atoms with E-state index in [2.05, 4.69) is 0 Å². The Morgan fingerprint density at radius 1 is 1.45 bits per heavy atom. The molecule has 108 valence electrons. The predicted octanol–water partition coefficient (Wildman–Crippen LogP) is 2.71. The van der Waals surface area contributed by atoms with E-state index < -0.39 is 17.3 Å². The maximum atomic E-state index is 12.5. The first kappa shape index (κ1) is 14.6. The number of hydrogen-bond acceptors (Lipinski definition) is 2. The number of carboxylic acids is 1. The van der Waals surface area contributed by atoms with E-state index >= 15 is 0 Å². The van der Waals surface area contributed by atoms with Gasteiger partial charge in [-0.25, -0.2) is 0 Å². The molecular weight excluding hydrogens is 254 g/mol. The zero-order chi connectivity index (χ0) is 14.9. The van der Waals surface area contributed by atoms with Crippen molar-refractivity contribution in [2.45, 2.75) is 33.2 Å². The number of nitrogens with zero attached hydrogens (tertiary/aromatic N) is 1. The van der Waals surface area contributed by atoms with Gasteiger partial charge in [-0.3, -0.25) is 9.59 Å². The van der Waals surface area contributed by atoms with Crippen LogP contribution in [-0.2, 0) is 9.59 Å². The first-order chi connectivity index (χ1) is 9.41. The van der Waals surface area contributed by atoms with Gasteiger partial charge in [-0.05, 0) is 25.8 Å². The largest absolute Gasteiger partial charge is 0.481 e. The van der Waals surface area contributed by atoms with E-state index in [1.54, 1.807) is 11.8 Å². The van der Waals surface area contributed by atoms with Crippen molar-refractivity contribution >= 4 is 11.9 Å². The molecule has 0 bridgehead atoms. The molecule has 0 radical (unpaired) electrons. The van der Waals surface area contributed by atoms with Gasteiger partial charge in [-0.1, -0.05) is 37.3 Å². The normalized spacial score (nSPS) is 27.6. The number of carbonyl (C=O) groups excluding carboxylic acids is 1. The molecule has 4 nitrogen and oxygen atoms in total. The van der Waals surface area contributed by atoms with Crippen LogP contribution in [0, 0.1) is 11.3 Å². The van der Waals surface area contributed by atoms with Gasteiger partial charge in [0.15, 0.2) is 0 Å². The fraction of sp³-hybridized carbons (Fsp3) is 0.500. The van der Waals surface area contributed by atoms with Gasteiger partial charge in [0.2, 0.25) is 5.91 Å². The molecule has 1 aromatic rings. The average molecular weight is 275 g/mol. The highest BCUT2D eigenvalue weighted by Gasteiger charge is 2.54. The van der Waals surface area contributed by atoms with Crippen molar-refractivity contribution in [2.24, 2.45) is 11.3 Å². The molecule has 3 unspecified atom stereocenters. The molecule has 0 aromatic heterocycles. The van der Waals surface area contributed by atoms with Gasteiger partial charge < -0.3 is 10.0 Å². The fourth-order valence-corrected chi connectivity index (χ4v) is 3.10. The minimum atomic E-state index is -0.991. The molecule has 4 heteroatoms. The van der Waals surface area contributed by atoms with Gasteiger partial charge in [0, 0.05) is 6.54 Å². The molecule has 1 heterocycles. The zero-order valence-electron chi connectivity index (χ0n) is 12.2. The number of carboxylic acid groups (broad SMARTS) is 1. The SMILES string of the molecule is CCC1C(=O)N(C(C)c2ccccc2)CC1(C)C(=O)O. The molecule has 1 saturated heterocycles. The van der Waals surface area contributed by atoms with Gasteiger partial charge >= 0.3 is 5.97 Å². The second-order valence-corrected chi connectivity index (χ2v) is 5.74. The monoisotopic (exact) mass is 275 g/mol. The first-order valence-electron chi connectivity index (χ1n) is 7.00. The van der Waals surface area contributed by atoms with Crippen molar-refractivity contribution in [3.05, 3.63) is 35.9 Å². The van der Waals surface area contributed by atoms with Crippen LogP contribution in [0.2, 0.25) is 0 Å². The molecule has 20 heavy (non-hydrogen) atoms. The number of rotatable bonds is 4. The lowest BCUT2D eigenvalue weighted by molar-refractivity contribution is -0.150. The highest BCUT2D eigenvalue weighted by atomic mass is 16.4. The Labute approximate surface area is 119 Å². The third kappa shape index (κ3) is 2.19. The molecule has 3 atom stereocenters. The highest BCUT2D eigenvalue weighted by molar-refractivity contribution is 5.91. The van der Waals surface area contributed by atoms with Crippen LogP contribution in [0.4, 0.5) is 0 Å². The average Bonchev–Trinajstić information content (AvgIpc) is 2.71. The number of hydrogen-bond donors (Lipinski definition) is 1.